The number of aliphatic carboxylic acids is 3. The standard InChI is InChI=1S/C41H64N8O14/c1-20(2)16-27(46-39(60)28(19-31(43)51)47-40(61)34(21(3)4)49-37(58)25(42)12-14-32(52)53)30(50)17-22(5)35(56)44-23(6)36(57)45-26(13-15-33(54)55)38(59)48-29(41(62)63)18-24-10-8-7-9-11-24/h7-11,20-23,25-30,34,50H,12-19,42H2,1-6H3,(H2,43,51)(H,44,56)(H,45,57)(H,46,60)(H,47,61)(H,48,59)(H,49,58)(H,52,53)(H,54,55)(H,62,63)/t22-,23+,25+,26+,27+,28+,29+,30+,34?/m1/s1. The topological polar surface area (TPSA) is 376 Å². The molecule has 63 heavy (non-hydrogen) atoms. The Kier molecular flexibility index (Phi) is 23.5. The molecule has 1 aromatic carbocycles. The summed E-state index contributed by atoms with van der Waals surface area (Å²) in [6.07, 6.45) is -3.85. The van der Waals surface area contributed by atoms with Crippen LogP contribution >= 0.6 is 0 Å². The molecule has 0 aliphatic heterocycles. The fourth-order valence-electron chi connectivity index (χ4n) is 6.19. The van der Waals surface area contributed by atoms with Crippen LogP contribution in [-0.4, -0.2) is 128 Å². The third kappa shape index (κ3) is 21.0. The molecule has 1 rings (SSSR count). The molecule has 7 amide bonds. The molecule has 0 saturated heterocycles. The van der Waals surface area contributed by atoms with Gasteiger partial charge in [0.2, 0.25) is 41.4 Å². The number of carbonyl (C=O) groups excluding carboxylic acids is 7. The van der Waals surface area contributed by atoms with Crippen molar-refractivity contribution in [2.75, 3.05) is 0 Å². The van der Waals surface area contributed by atoms with Crippen molar-refractivity contribution in [1.29, 1.82) is 0 Å². The molecule has 0 fully saturated rings. The Balaban J connectivity index is 3.07. The van der Waals surface area contributed by atoms with Crippen LogP contribution in [0.5, 0.6) is 0 Å². The minimum absolute atomic E-state index is 0.0978. The van der Waals surface area contributed by atoms with Gasteiger partial charge in [0.05, 0.1) is 24.6 Å². The van der Waals surface area contributed by atoms with E-state index in [0.717, 1.165) is 0 Å². The molecule has 9 atom stereocenters. The van der Waals surface area contributed by atoms with E-state index in [2.05, 4.69) is 31.9 Å². The number of nitrogens with one attached hydrogen (secondary N) is 6. The second kappa shape index (κ2) is 27.0. The number of carboxylic acids is 3. The highest BCUT2D eigenvalue weighted by atomic mass is 16.4. The van der Waals surface area contributed by atoms with Crippen molar-refractivity contribution in [1.82, 2.24) is 31.9 Å². The summed E-state index contributed by atoms with van der Waals surface area (Å²) in [5, 5.41) is 53.8. The van der Waals surface area contributed by atoms with Crippen molar-refractivity contribution in [2.45, 2.75) is 141 Å². The first-order chi connectivity index (χ1) is 29.3. The van der Waals surface area contributed by atoms with Gasteiger partial charge >= 0.3 is 17.9 Å². The van der Waals surface area contributed by atoms with Crippen molar-refractivity contribution in [2.24, 2.45) is 29.2 Å². The van der Waals surface area contributed by atoms with Crippen LogP contribution in [0.2, 0.25) is 0 Å². The smallest absolute Gasteiger partial charge is 0.326 e. The molecule has 22 nitrogen and oxygen atoms in total. The summed E-state index contributed by atoms with van der Waals surface area (Å²) in [5.41, 5.74) is 11.8. The van der Waals surface area contributed by atoms with E-state index in [-0.39, 0.29) is 31.6 Å². The van der Waals surface area contributed by atoms with Crippen LogP contribution < -0.4 is 43.4 Å². The van der Waals surface area contributed by atoms with Crippen LogP contribution in [0.1, 0.15) is 92.1 Å². The SMILES string of the molecule is CC(C)C[C@H](NC(=O)[C@H](CC(N)=O)NC(=O)C(NC(=O)[C@@H](N)CCC(=O)O)C(C)C)[C@@H](O)C[C@@H](C)C(=O)N[C@@H](C)C(=O)N[C@@H](CCC(=O)O)C(=O)N[C@@H](Cc1ccccc1)C(=O)O. The summed E-state index contributed by atoms with van der Waals surface area (Å²) >= 11 is 0. The fourth-order valence-corrected chi connectivity index (χ4v) is 6.19. The minimum Gasteiger partial charge on any atom is -0.481 e. The zero-order valence-corrected chi connectivity index (χ0v) is 36.4. The molecule has 352 valence electrons. The van der Waals surface area contributed by atoms with Crippen molar-refractivity contribution in [3.63, 3.8) is 0 Å². The molecule has 1 unspecified atom stereocenters. The molecule has 0 spiro atoms. The van der Waals surface area contributed by atoms with Gasteiger partial charge in [0.1, 0.15) is 30.2 Å². The molecule has 0 radical (unpaired) electrons. The van der Waals surface area contributed by atoms with Gasteiger partial charge in [-0.2, -0.15) is 0 Å². The molecular formula is C41H64N8O14. The van der Waals surface area contributed by atoms with Gasteiger partial charge in [0.15, 0.2) is 0 Å². The first-order valence-corrected chi connectivity index (χ1v) is 20.6. The average Bonchev–Trinajstić information content (AvgIpc) is 3.18. The Bertz CT molecular complexity index is 1760. The second-order valence-electron chi connectivity index (χ2n) is 16.3. The number of hydrogen-bond acceptors (Lipinski definition) is 12. The number of carbonyl (C=O) groups is 10. The summed E-state index contributed by atoms with van der Waals surface area (Å²) in [5.74, 6) is -11.7. The normalized spacial score (nSPS) is 15.5. The Hall–Kier alpha value is -6.16. The van der Waals surface area contributed by atoms with Crippen LogP contribution in [0.25, 0.3) is 0 Å². The molecule has 1 aromatic rings. The average molecular weight is 893 g/mol. The first kappa shape index (κ1) is 54.9. The van der Waals surface area contributed by atoms with E-state index < -0.39 is 145 Å². The molecular weight excluding hydrogens is 828 g/mol. The van der Waals surface area contributed by atoms with Crippen LogP contribution in [0.3, 0.4) is 0 Å². The van der Waals surface area contributed by atoms with Gasteiger partial charge in [-0.05, 0) is 50.0 Å². The largest absolute Gasteiger partial charge is 0.481 e. The lowest BCUT2D eigenvalue weighted by Gasteiger charge is -2.30. The van der Waals surface area contributed by atoms with Gasteiger partial charge in [0, 0.05) is 25.2 Å². The predicted octanol–water partition coefficient (Wildman–Crippen LogP) is -1.74. The summed E-state index contributed by atoms with van der Waals surface area (Å²) in [4.78, 5) is 125. The van der Waals surface area contributed by atoms with E-state index in [9.17, 15) is 63.3 Å². The number of nitrogens with two attached hydrogens (primary N) is 2. The highest BCUT2D eigenvalue weighted by molar-refractivity contribution is 5.96. The maximum Gasteiger partial charge on any atom is 0.326 e. The van der Waals surface area contributed by atoms with E-state index >= 15 is 0 Å². The van der Waals surface area contributed by atoms with Gasteiger partial charge < -0.3 is 63.8 Å². The molecule has 0 saturated carbocycles. The Morgan fingerprint density at radius 1 is 0.603 bits per heavy atom. The second-order valence-corrected chi connectivity index (χ2v) is 16.3. The quantitative estimate of drug-likeness (QED) is 0.0425. The summed E-state index contributed by atoms with van der Waals surface area (Å²) in [6.45, 7) is 9.47. The van der Waals surface area contributed by atoms with E-state index in [1.54, 1.807) is 58.0 Å². The number of aliphatic hydroxyl groups excluding tert-OH is 1. The van der Waals surface area contributed by atoms with E-state index in [1.807, 2.05) is 0 Å². The Labute approximate surface area is 365 Å². The lowest BCUT2D eigenvalue weighted by atomic mass is 9.92. The fraction of sp³-hybridized carbons (Fsp3) is 0.610. The maximum atomic E-state index is 13.6. The Morgan fingerprint density at radius 3 is 1.67 bits per heavy atom. The number of benzene rings is 1. The van der Waals surface area contributed by atoms with Crippen molar-refractivity contribution >= 4 is 59.3 Å². The third-order valence-electron chi connectivity index (χ3n) is 9.78. The molecule has 0 aliphatic carbocycles. The molecule has 0 aromatic heterocycles. The number of rotatable bonds is 29. The van der Waals surface area contributed by atoms with Crippen molar-refractivity contribution < 1.29 is 68.4 Å². The predicted molar refractivity (Wildman–Crippen MR) is 225 cm³/mol. The van der Waals surface area contributed by atoms with Gasteiger partial charge in [-0.3, -0.25) is 43.2 Å². The highest BCUT2D eigenvalue weighted by Crippen LogP contribution is 2.17. The highest BCUT2D eigenvalue weighted by Gasteiger charge is 2.35. The minimum atomic E-state index is -1.57. The van der Waals surface area contributed by atoms with Gasteiger partial charge in [-0.1, -0.05) is 65.0 Å². The van der Waals surface area contributed by atoms with E-state index in [1.165, 1.54) is 13.8 Å². The number of carboxylic acid groups (broad SMARTS) is 3. The molecule has 0 bridgehead atoms. The lowest BCUT2D eigenvalue weighted by Crippen LogP contribution is -2.59. The maximum absolute atomic E-state index is 13.6. The number of primary amides is 1. The van der Waals surface area contributed by atoms with Crippen LogP contribution in [-0.2, 0) is 54.4 Å². The first-order valence-electron chi connectivity index (χ1n) is 20.6. The van der Waals surface area contributed by atoms with E-state index in [4.69, 9.17) is 16.6 Å². The molecule has 0 heterocycles. The number of amides is 7. The Morgan fingerprint density at radius 2 is 1.14 bits per heavy atom. The lowest BCUT2D eigenvalue weighted by molar-refractivity contribution is -0.143. The van der Waals surface area contributed by atoms with Gasteiger partial charge in [-0.15, -0.1) is 0 Å². The molecule has 0 aliphatic rings. The van der Waals surface area contributed by atoms with Crippen LogP contribution in [0.4, 0.5) is 0 Å². The number of hydrogen-bond donors (Lipinski definition) is 12. The molecule has 14 N–H and O–H groups in total. The zero-order valence-electron chi connectivity index (χ0n) is 36.4. The van der Waals surface area contributed by atoms with Gasteiger partial charge in [-0.25, -0.2) is 4.79 Å². The monoisotopic (exact) mass is 892 g/mol. The summed E-state index contributed by atoms with van der Waals surface area (Å²) in [7, 11) is 0. The summed E-state index contributed by atoms with van der Waals surface area (Å²) in [6, 6.07) is -0.933. The summed E-state index contributed by atoms with van der Waals surface area (Å²) < 4.78 is 0. The van der Waals surface area contributed by atoms with Gasteiger partial charge in [0.25, 0.3) is 0 Å². The van der Waals surface area contributed by atoms with Crippen molar-refractivity contribution in [3.05, 3.63) is 35.9 Å². The van der Waals surface area contributed by atoms with Crippen LogP contribution in [0.15, 0.2) is 30.3 Å². The van der Waals surface area contributed by atoms with Crippen molar-refractivity contribution in [3.8, 4) is 0 Å². The molecule has 22 heteroatoms. The van der Waals surface area contributed by atoms with E-state index in [0.29, 0.717) is 5.56 Å². The zero-order chi connectivity index (χ0) is 48.1. The number of aliphatic hydroxyl groups is 1. The third-order valence-corrected chi connectivity index (χ3v) is 9.78. The van der Waals surface area contributed by atoms with Crippen LogP contribution in [0, 0.1) is 17.8 Å².